The van der Waals surface area contributed by atoms with Gasteiger partial charge >= 0.3 is 0 Å². The standard InChI is InChI=1S/C16H23N3O2/c1-3-10-16(2,17)15(21)19-13-8-6-12(7-9-13)18-14(20)11-4-5-11/h6-9,11H,3-5,10,17H2,1-2H3,(H,18,20)(H,19,21). The van der Waals surface area contributed by atoms with Crippen LogP contribution in [0.25, 0.3) is 0 Å². The van der Waals surface area contributed by atoms with E-state index < -0.39 is 5.54 Å². The highest BCUT2D eigenvalue weighted by atomic mass is 16.2. The molecule has 4 N–H and O–H groups in total. The van der Waals surface area contributed by atoms with E-state index in [1.807, 2.05) is 6.92 Å². The first-order chi connectivity index (χ1) is 9.92. The van der Waals surface area contributed by atoms with Crippen LogP contribution in [0.5, 0.6) is 0 Å². The van der Waals surface area contributed by atoms with Crippen LogP contribution in [0.2, 0.25) is 0 Å². The molecular weight excluding hydrogens is 266 g/mol. The summed E-state index contributed by atoms with van der Waals surface area (Å²) in [6.45, 7) is 3.73. The molecule has 1 fully saturated rings. The van der Waals surface area contributed by atoms with Crippen LogP contribution in [0, 0.1) is 5.92 Å². The van der Waals surface area contributed by atoms with Gasteiger partial charge in [-0.3, -0.25) is 9.59 Å². The van der Waals surface area contributed by atoms with Crippen LogP contribution in [0.4, 0.5) is 11.4 Å². The van der Waals surface area contributed by atoms with Crippen molar-refractivity contribution in [3.8, 4) is 0 Å². The van der Waals surface area contributed by atoms with Crippen molar-refractivity contribution in [3.63, 3.8) is 0 Å². The zero-order valence-electron chi connectivity index (χ0n) is 12.6. The van der Waals surface area contributed by atoms with Gasteiger partial charge in [0.05, 0.1) is 5.54 Å². The van der Waals surface area contributed by atoms with E-state index in [1.165, 1.54) is 0 Å². The minimum Gasteiger partial charge on any atom is -0.326 e. The van der Waals surface area contributed by atoms with E-state index in [9.17, 15) is 9.59 Å². The first kappa shape index (κ1) is 15.5. The molecule has 114 valence electrons. The second-order valence-corrected chi connectivity index (χ2v) is 5.96. The predicted molar refractivity (Wildman–Crippen MR) is 83.9 cm³/mol. The fourth-order valence-electron chi connectivity index (χ4n) is 2.13. The number of anilines is 2. The number of carbonyl (C=O) groups excluding carboxylic acids is 2. The summed E-state index contributed by atoms with van der Waals surface area (Å²) in [7, 11) is 0. The average molecular weight is 289 g/mol. The minimum absolute atomic E-state index is 0.0734. The van der Waals surface area contributed by atoms with Crippen LogP contribution in [-0.4, -0.2) is 17.4 Å². The highest BCUT2D eigenvalue weighted by Crippen LogP contribution is 2.30. The summed E-state index contributed by atoms with van der Waals surface area (Å²) in [5.74, 6) is 0.0553. The van der Waals surface area contributed by atoms with E-state index in [0.29, 0.717) is 12.1 Å². The Labute approximate surface area is 125 Å². The first-order valence-electron chi connectivity index (χ1n) is 7.43. The molecule has 1 unspecified atom stereocenters. The fourth-order valence-corrected chi connectivity index (χ4v) is 2.13. The van der Waals surface area contributed by atoms with Crippen molar-refractivity contribution >= 4 is 23.2 Å². The second kappa shape index (κ2) is 6.26. The molecule has 5 heteroatoms. The molecule has 1 atom stereocenters. The Kier molecular flexibility index (Phi) is 4.63. The van der Waals surface area contributed by atoms with E-state index in [-0.39, 0.29) is 17.7 Å². The molecule has 0 aliphatic heterocycles. The molecule has 1 aromatic rings. The maximum atomic E-state index is 12.1. The van der Waals surface area contributed by atoms with Gasteiger partial charge in [-0.25, -0.2) is 0 Å². The van der Waals surface area contributed by atoms with Crippen LogP contribution in [0.1, 0.15) is 39.5 Å². The third kappa shape index (κ3) is 4.29. The van der Waals surface area contributed by atoms with Gasteiger partial charge in [0.1, 0.15) is 0 Å². The van der Waals surface area contributed by atoms with E-state index in [0.717, 1.165) is 24.9 Å². The van der Waals surface area contributed by atoms with Crippen LogP contribution in [0.3, 0.4) is 0 Å². The van der Waals surface area contributed by atoms with Gasteiger partial charge in [-0.1, -0.05) is 13.3 Å². The molecule has 1 aromatic carbocycles. The Morgan fingerprint density at radius 3 is 2.19 bits per heavy atom. The summed E-state index contributed by atoms with van der Waals surface area (Å²) >= 11 is 0. The second-order valence-electron chi connectivity index (χ2n) is 5.96. The van der Waals surface area contributed by atoms with E-state index in [4.69, 9.17) is 5.73 Å². The number of nitrogens with one attached hydrogen (secondary N) is 2. The zero-order chi connectivity index (χ0) is 15.5. The molecule has 0 aromatic heterocycles. The Bertz CT molecular complexity index is 519. The molecule has 0 heterocycles. The predicted octanol–water partition coefficient (Wildman–Crippen LogP) is 2.49. The van der Waals surface area contributed by atoms with Gasteiger partial charge in [0.15, 0.2) is 0 Å². The van der Waals surface area contributed by atoms with Crippen LogP contribution >= 0.6 is 0 Å². The average Bonchev–Trinajstić information content (AvgIpc) is 3.25. The SMILES string of the molecule is CCCC(C)(N)C(=O)Nc1ccc(NC(=O)C2CC2)cc1. The normalized spacial score (nSPS) is 16.9. The smallest absolute Gasteiger partial charge is 0.244 e. The molecule has 0 bridgehead atoms. The van der Waals surface area contributed by atoms with Crippen molar-refractivity contribution in [2.75, 3.05) is 10.6 Å². The van der Waals surface area contributed by atoms with Gasteiger partial charge in [-0.15, -0.1) is 0 Å². The van der Waals surface area contributed by atoms with Crippen molar-refractivity contribution < 1.29 is 9.59 Å². The molecule has 1 aliphatic carbocycles. The summed E-state index contributed by atoms with van der Waals surface area (Å²) in [5.41, 5.74) is 6.54. The highest BCUT2D eigenvalue weighted by molar-refractivity contribution is 5.98. The number of nitrogens with two attached hydrogens (primary N) is 1. The molecule has 1 saturated carbocycles. The Morgan fingerprint density at radius 2 is 1.71 bits per heavy atom. The molecule has 5 nitrogen and oxygen atoms in total. The molecule has 21 heavy (non-hydrogen) atoms. The Morgan fingerprint density at radius 1 is 1.19 bits per heavy atom. The maximum absolute atomic E-state index is 12.1. The first-order valence-corrected chi connectivity index (χ1v) is 7.43. The van der Waals surface area contributed by atoms with Gasteiger partial charge in [0.25, 0.3) is 0 Å². The van der Waals surface area contributed by atoms with Crippen molar-refractivity contribution in [1.82, 2.24) is 0 Å². The molecule has 2 amide bonds. The third-order valence-corrected chi connectivity index (χ3v) is 3.65. The van der Waals surface area contributed by atoms with Gasteiger partial charge < -0.3 is 16.4 Å². The lowest BCUT2D eigenvalue weighted by Crippen LogP contribution is -2.48. The zero-order valence-corrected chi connectivity index (χ0v) is 12.6. The molecule has 0 radical (unpaired) electrons. The van der Waals surface area contributed by atoms with Crippen molar-refractivity contribution in [2.45, 2.75) is 45.1 Å². The molecule has 1 aliphatic rings. The summed E-state index contributed by atoms with van der Waals surface area (Å²) < 4.78 is 0. The van der Waals surface area contributed by atoms with Gasteiger partial charge in [-0.2, -0.15) is 0 Å². The lowest BCUT2D eigenvalue weighted by Gasteiger charge is -2.22. The molecular formula is C16H23N3O2. The van der Waals surface area contributed by atoms with Crippen LogP contribution < -0.4 is 16.4 Å². The largest absolute Gasteiger partial charge is 0.326 e. The Hall–Kier alpha value is -1.88. The molecule has 2 rings (SSSR count). The number of carbonyl (C=O) groups is 2. The number of hydrogen-bond acceptors (Lipinski definition) is 3. The summed E-state index contributed by atoms with van der Waals surface area (Å²) in [4.78, 5) is 23.7. The molecule has 0 saturated heterocycles. The third-order valence-electron chi connectivity index (χ3n) is 3.65. The van der Waals surface area contributed by atoms with Crippen molar-refractivity contribution in [3.05, 3.63) is 24.3 Å². The van der Waals surface area contributed by atoms with E-state index in [2.05, 4.69) is 10.6 Å². The quantitative estimate of drug-likeness (QED) is 0.752. The summed E-state index contributed by atoms with van der Waals surface area (Å²) in [6, 6.07) is 7.10. The van der Waals surface area contributed by atoms with Crippen LogP contribution in [0.15, 0.2) is 24.3 Å². The minimum atomic E-state index is -0.867. The number of hydrogen-bond donors (Lipinski definition) is 3. The number of rotatable bonds is 6. The maximum Gasteiger partial charge on any atom is 0.244 e. The lowest BCUT2D eigenvalue weighted by molar-refractivity contribution is -0.121. The van der Waals surface area contributed by atoms with E-state index >= 15 is 0 Å². The monoisotopic (exact) mass is 289 g/mol. The van der Waals surface area contributed by atoms with Gasteiger partial charge in [0.2, 0.25) is 11.8 Å². The van der Waals surface area contributed by atoms with Gasteiger partial charge in [-0.05, 0) is 50.5 Å². The topological polar surface area (TPSA) is 84.2 Å². The van der Waals surface area contributed by atoms with Crippen molar-refractivity contribution in [1.29, 1.82) is 0 Å². The number of amides is 2. The highest BCUT2D eigenvalue weighted by Gasteiger charge is 2.29. The van der Waals surface area contributed by atoms with Crippen LogP contribution in [-0.2, 0) is 9.59 Å². The van der Waals surface area contributed by atoms with Crippen molar-refractivity contribution in [2.24, 2.45) is 11.7 Å². The molecule has 0 spiro atoms. The number of benzene rings is 1. The van der Waals surface area contributed by atoms with Gasteiger partial charge in [0, 0.05) is 17.3 Å². The fraction of sp³-hybridized carbons (Fsp3) is 0.500. The summed E-state index contributed by atoms with van der Waals surface area (Å²) in [6.07, 6.45) is 3.44. The lowest BCUT2D eigenvalue weighted by atomic mass is 9.96. The Balaban J connectivity index is 1.92. The summed E-state index contributed by atoms with van der Waals surface area (Å²) in [5, 5.41) is 5.66. The van der Waals surface area contributed by atoms with E-state index in [1.54, 1.807) is 31.2 Å².